The number of likely N-dealkylation sites (N-methyl/N-ethyl adjacent to an activating group) is 1. The Balaban J connectivity index is 1.48. The molecule has 0 radical (unpaired) electrons. The molecule has 0 fully saturated rings. The number of nitrogens with two attached hydrogens (primary N) is 1. The van der Waals surface area contributed by atoms with E-state index in [4.69, 9.17) is 15.7 Å². The first-order valence-corrected chi connectivity index (χ1v) is 10.6. The van der Waals surface area contributed by atoms with E-state index in [2.05, 4.69) is 10.5 Å². The first-order valence-electron chi connectivity index (χ1n) is 9.61. The van der Waals surface area contributed by atoms with Crippen LogP contribution in [0.2, 0.25) is 0 Å². The van der Waals surface area contributed by atoms with E-state index < -0.39 is 11.9 Å². The fraction of sp³-hybridized carbons (Fsp3) is 0.182. The molecule has 158 valence electrons. The highest BCUT2D eigenvalue weighted by Gasteiger charge is 2.31. The van der Waals surface area contributed by atoms with E-state index in [9.17, 15) is 9.59 Å². The number of hydrogen-bond donors (Lipinski definition) is 3. The fourth-order valence-electron chi connectivity index (χ4n) is 3.34. The zero-order valence-electron chi connectivity index (χ0n) is 16.8. The molecule has 31 heavy (non-hydrogen) atoms. The second-order valence-corrected chi connectivity index (χ2v) is 8.23. The lowest BCUT2D eigenvalue weighted by atomic mass is 10.1. The Morgan fingerprint density at radius 2 is 2.13 bits per heavy atom. The van der Waals surface area contributed by atoms with Gasteiger partial charge in [0.05, 0.1) is 5.69 Å². The Hall–Kier alpha value is -3.59. The zero-order chi connectivity index (χ0) is 22.0. The van der Waals surface area contributed by atoms with Gasteiger partial charge in [0, 0.05) is 47.6 Å². The first-order chi connectivity index (χ1) is 15.0. The van der Waals surface area contributed by atoms with Crippen molar-refractivity contribution in [2.24, 2.45) is 0 Å². The van der Waals surface area contributed by atoms with E-state index in [0.29, 0.717) is 34.9 Å². The molecule has 4 N–H and O–H groups in total. The molecule has 0 aliphatic carbocycles. The Bertz CT molecular complexity index is 1150. The Morgan fingerprint density at radius 1 is 1.35 bits per heavy atom. The number of anilines is 2. The standard InChI is InChI=1S/C22H21N5O3S/c1-27-19-8-14(11-23)16(24)10-20(19)31-12-18(22(27)29)25-21(28)17-9-15(30-26-17)7-13-5-3-2-4-6-13/h2-6,8-11,18,23H,7,12,24H2,1H3,(H,25,28)/t18-/m0/s1. The van der Waals surface area contributed by atoms with Gasteiger partial charge < -0.3 is 25.9 Å². The zero-order valence-corrected chi connectivity index (χ0v) is 17.6. The predicted octanol–water partition coefficient (Wildman–Crippen LogP) is 2.71. The maximum atomic E-state index is 13.0. The fourth-order valence-corrected chi connectivity index (χ4v) is 4.46. The van der Waals surface area contributed by atoms with E-state index in [1.165, 1.54) is 16.7 Å². The highest BCUT2D eigenvalue weighted by Crippen LogP contribution is 2.36. The van der Waals surface area contributed by atoms with Crippen molar-refractivity contribution in [1.82, 2.24) is 10.5 Å². The maximum absolute atomic E-state index is 13.0. The molecule has 9 heteroatoms. The van der Waals surface area contributed by atoms with Crippen LogP contribution in [0.5, 0.6) is 0 Å². The number of carbonyl (C=O) groups is 2. The molecule has 3 aromatic rings. The number of nitrogen functional groups attached to an aromatic ring is 1. The molecular weight excluding hydrogens is 414 g/mol. The highest BCUT2D eigenvalue weighted by atomic mass is 32.2. The topological polar surface area (TPSA) is 125 Å². The van der Waals surface area contributed by atoms with Gasteiger partial charge in [-0.05, 0) is 17.7 Å². The molecule has 8 nitrogen and oxygen atoms in total. The van der Waals surface area contributed by atoms with Crippen molar-refractivity contribution in [1.29, 1.82) is 5.41 Å². The van der Waals surface area contributed by atoms with Gasteiger partial charge in [-0.1, -0.05) is 35.5 Å². The van der Waals surface area contributed by atoms with Gasteiger partial charge in [-0.2, -0.15) is 0 Å². The summed E-state index contributed by atoms with van der Waals surface area (Å²) in [5.74, 6) is 0.187. The molecule has 1 aromatic heterocycles. The highest BCUT2D eigenvalue weighted by molar-refractivity contribution is 7.99. The van der Waals surface area contributed by atoms with Crippen LogP contribution in [0.15, 0.2) is 57.9 Å². The minimum atomic E-state index is -0.742. The van der Waals surface area contributed by atoms with Crippen LogP contribution in [-0.4, -0.2) is 42.0 Å². The SMILES string of the molecule is CN1C(=O)[C@@H](NC(=O)c2cc(Cc3ccccc3)on2)CSc2cc(N)c(C=N)cc21. The van der Waals surface area contributed by atoms with Crippen LogP contribution >= 0.6 is 11.8 Å². The molecule has 2 amide bonds. The van der Waals surface area contributed by atoms with Crippen LogP contribution in [-0.2, 0) is 11.2 Å². The molecule has 1 aliphatic heterocycles. The van der Waals surface area contributed by atoms with E-state index in [-0.39, 0.29) is 11.6 Å². The molecule has 1 aliphatic rings. The summed E-state index contributed by atoms with van der Waals surface area (Å²) in [6, 6.07) is 14.0. The summed E-state index contributed by atoms with van der Waals surface area (Å²) in [6.07, 6.45) is 1.68. The summed E-state index contributed by atoms with van der Waals surface area (Å²) in [4.78, 5) is 28.0. The molecule has 0 bridgehead atoms. The summed E-state index contributed by atoms with van der Waals surface area (Å²) < 4.78 is 5.29. The lowest BCUT2D eigenvalue weighted by Gasteiger charge is -2.21. The smallest absolute Gasteiger partial charge is 0.274 e. The number of amides is 2. The van der Waals surface area contributed by atoms with Gasteiger partial charge in [-0.25, -0.2) is 0 Å². The third-order valence-electron chi connectivity index (χ3n) is 5.03. The molecule has 0 saturated carbocycles. The average molecular weight is 436 g/mol. The first kappa shape index (κ1) is 20.7. The van der Waals surface area contributed by atoms with Crippen LogP contribution in [0.3, 0.4) is 0 Å². The van der Waals surface area contributed by atoms with Gasteiger partial charge in [0.15, 0.2) is 5.69 Å². The normalized spacial score (nSPS) is 15.8. The van der Waals surface area contributed by atoms with Crippen molar-refractivity contribution in [2.75, 3.05) is 23.4 Å². The largest absolute Gasteiger partial charge is 0.398 e. The summed E-state index contributed by atoms with van der Waals surface area (Å²) >= 11 is 1.43. The average Bonchev–Trinajstić information content (AvgIpc) is 3.21. The van der Waals surface area contributed by atoms with Gasteiger partial charge in [0.1, 0.15) is 11.8 Å². The Labute approximate surface area is 183 Å². The molecule has 0 spiro atoms. The number of nitrogens with one attached hydrogen (secondary N) is 2. The third kappa shape index (κ3) is 4.31. The van der Waals surface area contributed by atoms with Crippen molar-refractivity contribution in [3.8, 4) is 0 Å². The Morgan fingerprint density at radius 3 is 2.87 bits per heavy atom. The van der Waals surface area contributed by atoms with Gasteiger partial charge in [0.25, 0.3) is 5.91 Å². The number of fused-ring (bicyclic) bond motifs is 1. The van der Waals surface area contributed by atoms with Crippen molar-refractivity contribution < 1.29 is 14.1 Å². The van der Waals surface area contributed by atoms with Gasteiger partial charge >= 0.3 is 0 Å². The van der Waals surface area contributed by atoms with Crippen LogP contribution in [0.1, 0.15) is 27.4 Å². The van der Waals surface area contributed by atoms with E-state index in [1.54, 1.807) is 25.2 Å². The summed E-state index contributed by atoms with van der Waals surface area (Å²) in [5, 5.41) is 14.1. The second-order valence-electron chi connectivity index (χ2n) is 7.17. The number of thioether (sulfide) groups is 1. The molecule has 4 rings (SSSR count). The summed E-state index contributed by atoms with van der Waals surface area (Å²) in [5.41, 5.74) is 8.82. The Kier molecular flexibility index (Phi) is 5.77. The van der Waals surface area contributed by atoms with Crippen molar-refractivity contribution in [2.45, 2.75) is 17.4 Å². The van der Waals surface area contributed by atoms with E-state index in [1.807, 2.05) is 30.3 Å². The van der Waals surface area contributed by atoms with Crippen molar-refractivity contribution in [3.63, 3.8) is 0 Å². The number of hydrogen-bond acceptors (Lipinski definition) is 7. The lowest BCUT2D eigenvalue weighted by Crippen LogP contribution is -2.48. The van der Waals surface area contributed by atoms with Crippen LogP contribution in [0.25, 0.3) is 0 Å². The van der Waals surface area contributed by atoms with Crippen LogP contribution in [0.4, 0.5) is 11.4 Å². The number of carbonyl (C=O) groups excluding carboxylic acids is 2. The number of benzene rings is 2. The molecule has 0 unspecified atom stereocenters. The summed E-state index contributed by atoms with van der Waals surface area (Å²) in [7, 11) is 1.64. The molecular formula is C22H21N5O3S. The van der Waals surface area contributed by atoms with E-state index >= 15 is 0 Å². The molecule has 2 aromatic carbocycles. The monoisotopic (exact) mass is 435 g/mol. The lowest BCUT2D eigenvalue weighted by molar-refractivity contribution is -0.119. The third-order valence-corrected chi connectivity index (χ3v) is 6.17. The van der Waals surface area contributed by atoms with E-state index in [0.717, 1.165) is 16.7 Å². The number of aromatic nitrogens is 1. The van der Waals surface area contributed by atoms with Gasteiger partial charge in [-0.15, -0.1) is 11.8 Å². The maximum Gasteiger partial charge on any atom is 0.274 e. The van der Waals surface area contributed by atoms with Crippen molar-refractivity contribution >= 4 is 41.2 Å². The van der Waals surface area contributed by atoms with Gasteiger partial charge in [0.2, 0.25) is 5.91 Å². The van der Waals surface area contributed by atoms with Crippen molar-refractivity contribution in [3.05, 3.63) is 71.1 Å². The van der Waals surface area contributed by atoms with Crippen LogP contribution < -0.4 is 16.0 Å². The number of rotatable bonds is 5. The minimum Gasteiger partial charge on any atom is -0.398 e. The molecule has 0 saturated heterocycles. The summed E-state index contributed by atoms with van der Waals surface area (Å²) in [6.45, 7) is 0. The minimum absolute atomic E-state index is 0.128. The quantitative estimate of drug-likeness (QED) is 0.418. The molecule has 2 heterocycles. The predicted molar refractivity (Wildman–Crippen MR) is 120 cm³/mol. The molecule has 1 atom stereocenters. The number of nitrogens with zero attached hydrogens (tertiary/aromatic N) is 2. The van der Waals surface area contributed by atoms with Crippen LogP contribution in [0, 0.1) is 5.41 Å². The second kappa shape index (κ2) is 8.65. The van der Waals surface area contributed by atoms with Gasteiger partial charge in [-0.3, -0.25) is 9.59 Å².